The van der Waals surface area contributed by atoms with E-state index in [4.69, 9.17) is 4.74 Å². The smallest absolute Gasteiger partial charge is 0.240 e. The number of nitrogens with zero attached hydrogens (tertiary/aromatic N) is 3. The zero-order valence-corrected chi connectivity index (χ0v) is 15.4. The Balaban J connectivity index is 1.56. The fourth-order valence-corrected chi connectivity index (χ4v) is 3.99. The van der Waals surface area contributed by atoms with Crippen LogP contribution in [-0.4, -0.2) is 45.5 Å². The Morgan fingerprint density at radius 2 is 2.22 bits per heavy atom. The van der Waals surface area contributed by atoms with E-state index >= 15 is 0 Å². The minimum Gasteiger partial charge on any atom is -0.487 e. The number of carbonyl (C=O) groups excluding carboxylic acids is 2. The van der Waals surface area contributed by atoms with Crippen LogP contribution in [0, 0.1) is 0 Å². The van der Waals surface area contributed by atoms with Crippen LogP contribution in [0.5, 0.6) is 5.75 Å². The minimum absolute atomic E-state index is 0.0633. The van der Waals surface area contributed by atoms with Crippen LogP contribution in [0.1, 0.15) is 37.3 Å². The van der Waals surface area contributed by atoms with Gasteiger partial charge >= 0.3 is 0 Å². The number of hydrogen-bond donors (Lipinski definition) is 1. The molecule has 2 amide bonds. The molecule has 0 unspecified atom stereocenters. The number of carbonyl (C=O) groups is 2. The molecule has 1 aromatic heterocycles. The number of imidazole rings is 1. The first-order valence-corrected chi connectivity index (χ1v) is 9.32. The summed E-state index contributed by atoms with van der Waals surface area (Å²) in [5.41, 5.74) is 0.563. The summed E-state index contributed by atoms with van der Waals surface area (Å²) in [6.45, 7) is 0.893. The maximum absolute atomic E-state index is 12.6. The summed E-state index contributed by atoms with van der Waals surface area (Å²) in [5, 5.41) is 3.16. The van der Waals surface area contributed by atoms with Crippen LogP contribution in [-0.2, 0) is 16.1 Å². The van der Waals surface area contributed by atoms with Crippen LogP contribution in [0.2, 0.25) is 0 Å². The van der Waals surface area contributed by atoms with E-state index in [2.05, 4.69) is 10.3 Å². The molecule has 142 valence electrons. The monoisotopic (exact) mass is 368 g/mol. The highest BCUT2D eigenvalue weighted by molar-refractivity contribution is 5.77. The fraction of sp³-hybridized carbons (Fsp3) is 0.450. The number of benzene rings is 1. The predicted octanol–water partition coefficient (Wildman–Crippen LogP) is 1.90. The molecule has 1 aromatic carbocycles. The summed E-state index contributed by atoms with van der Waals surface area (Å²) >= 11 is 0. The highest BCUT2D eigenvalue weighted by atomic mass is 16.5. The first-order chi connectivity index (χ1) is 13.0. The van der Waals surface area contributed by atoms with E-state index in [0.717, 1.165) is 17.7 Å². The predicted molar refractivity (Wildman–Crippen MR) is 99.0 cm³/mol. The van der Waals surface area contributed by atoms with E-state index in [1.165, 1.54) is 0 Å². The molecule has 2 atom stereocenters. The van der Waals surface area contributed by atoms with E-state index in [0.29, 0.717) is 25.8 Å². The Kier molecular flexibility index (Phi) is 4.59. The second kappa shape index (κ2) is 7.06. The van der Waals surface area contributed by atoms with Gasteiger partial charge in [-0.3, -0.25) is 9.59 Å². The van der Waals surface area contributed by atoms with Gasteiger partial charge in [-0.2, -0.15) is 0 Å². The van der Waals surface area contributed by atoms with E-state index in [1.54, 1.807) is 28.2 Å². The van der Waals surface area contributed by atoms with Gasteiger partial charge in [-0.05, 0) is 12.5 Å². The third kappa shape index (κ3) is 3.67. The summed E-state index contributed by atoms with van der Waals surface area (Å²) in [7, 11) is 1.84. The summed E-state index contributed by atoms with van der Waals surface area (Å²) < 4.78 is 8.15. The summed E-state index contributed by atoms with van der Waals surface area (Å²) in [6, 6.07) is 7.71. The van der Waals surface area contributed by atoms with Crippen LogP contribution in [0.15, 0.2) is 43.0 Å². The van der Waals surface area contributed by atoms with E-state index in [1.807, 2.05) is 31.3 Å². The zero-order valence-electron chi connectivity index (χ0n) is 15.4. The van der Waals surface area contributed by atoms with Crippen molar-refractivity contribution in [3.05, 3.63) is 48.5 Å². The molecule has 2 aliphatic rings. The van der Waals surface area contributed by atoms with Gasteiger partial charge in [0.1, 0.15) is 17.9 Å². The lowest BCUT2D eigenvalue weighted by Gasteiger charge is -2.42. The summed E-state index contributed by atoms with van der Waals surface area (Å²) in [6.07, 6.45) is 7.62. The van der Waals surface area contributed by atoms with E-state index < -0.39 is 5.60 Å². The average Bonchev–Trinajstić information content (AvgIpc) is 3.12. The Labute approximate surface area is 158 Å². The molecule has 1 N–H and O–H groups in total. The molecule has 1 fully saturated rings. The van der Waals surface area contributed by atoms with Gasteiger partial charge in [0.05, 0.1) is 12.4 Å². The second-order valence-electron chi connectivity index (χ2n) is 7.45. The Hall–Kier alpha value is -2.83. The third-order valence-electron chi connectivity index (χ3n) is 5.54. The number of para-hydroxylation sites is 1. The quantitative estimate of drug-likeness (QED) is 0.898. The highest BCUT2D eigenvalue weighted by Gasteiger charge is 2.43. The van der Waals surface area contributed by atoms with Crippen LogP contribution in [0.25, 0.3) is 0 Å². The summed E-state index contributed by atoms with van der Waals surface area (Å²) in [5.74, 6) is 0.885. The number of rotatable bonds is 3. The molecule has 4 rings (SSSR count). The van der Waals surface area contributed by atoms with Crippen LogP contribution in [0.3, 0.4) is 0 Å². The summed E-state index contributed by atoms with van der Waals surface area (Å²) in [4.78, 5) is 30.4. The van der Waals surface area contributed by atoms with Crippen LogP contribution in [0.4, 0.5) is 0 Å². The average molecular weight is 368 g/mol. The second-order valence-corrected chi connectivity index (χ2v) is 7.45. The number of aromatic nitrogens is 2. The van der Waals surface area contributed by atoms with Crippen molar-refractivity contribution in [3.63, 3.8) is 0 Å². The molecule has 1 saturated heterocycles. The maximum Gasteiger partial charge on any atom is 0.240 e. The third-order valence-corrected chi connectivity index (χ3v) is 5.54. The lowest BCUT2D eigenvalue weighted by atomic mass is 9.82. The van der Waals surface area contributed by atoms with Gasteiger partial charge in [-0.25, -0.2) is 4.98 Å². The molecule has 7 heteroatoms. The van der Waals surface area contributed by atoms with Crippen molar-refractivity contribution in [2.24, 2.45) is 0 Å². The van der Waals surface area contributed by atoms with Crippen molar-refractivity contribution < 1.29 is 14.3 Å². The standard InChI is InChI=1S/C20H24N4O3/c1-23-10-8-20(7-6-19(23)26)12-16(15-4-2-3-5-17(15)27-20)22-18(25)13-24-11-9-21-14-24/h2-5,9,11,14,16H,6-8,10,12-13H2,1H3,(H,22,25)/t16-,20-/m1/s1. The lowest BCUT2D eigenvalue weighted by molar-refractivity contribution is -0.129. The first-order valence-electron chi connectivity index (χ1n) is 9.32. The van der Waals surface area contributed by atoms with Crippen molar-refractivity contribution >= 4 is 11.8 Å². The van der Waals surface area contributed by atoms with Gasteiger partial charge in [0.25, 0.3) is 0 Å². The van der Waals surface area contributed by atoms with Crippen molar-refractivity contribution in [2.75, 3.05) is 13.6 Å². The van der Waals surface area contributed by atoms with Gasteiger partial charge in [-0.15, -0.1) is 0 Å². The molecule has 7 nitrogen and oxygen atoms in total. The van der Waals surface area contributed by atoms with Gasteiger partial charge in [-0.1, -0.05) is 18.2 Å². The molecule has 3 heterocycles. The molecule has 0 aliphatic carbocycles. The van der Waals surface area contributed by atoms with Crippen molar-refractivity contribution in [3.8, 4) is 5.75 Å². The molecular weight excluding hydrogens is 344 g/mol. The lowest BCUT2D eigenvalue weighted by Crippen LogP contribution is -2.46. The van der Waals surface area contributed by atoms with Gasteiger partial charge in [0.2, 0.25) is 11.8 Å². The number of fused-ring (bicyclic) bond motifs is 1. The number of ether oxygens (including phenoxy) is 1. The van der Waals surface area contributed by atoms with Gasteiger partial charge < -0.3 is 19.5 Å². The van der Waals surface area contributed by atoms with E-state index in [9.17, 15) is 9.59 Å². The van der Waals surface area contributed by atoms with E-state index in [-0.39, 0.29) is 24.4 Å². The molecule has 0 saturated carbocycles. The molecule has 27 heavy (non-hydrogen) atoms. The van der Waals surface area contributed by atoms with Crippen LogP contribution >= 0.6 is 0 Å². The number of nitrogens with one attached hydrogen (secondary N) is 1. The Morgan fingerprint density at radius 3 is 3.04 bits per heavy atom. The molecule has 2 aliphatic heterocycles. The molecule has 0 bridgehead atoms. The van der Waals surface area contributed by atoms with Gasteiger partial charge in [0.15, 0.2) is 0 Å². The topological polar surface area (TPSA) is 76.5 Å². The van der Waals surface area contributed by atoms with Crippen LogP contribution < -0.4 is 10.1 Å². The number of hydrogen-bond acceptors (Lipinski definition) is 4. The Morgan fingerprint density at radius 1 is 1.37 bits per heavy atom. The van der Waals surface area contributed by atoms with Crippen molar-refractivity contribution in [1.82, 2.24) is 19.8 Å². The van der Waals surface area contributed by atoms with Crippen molar-refractivity contribution in [2.45, 2.75) is 43.9 Å². The molecular formula is C20H24N4O3. The normalized spacial score (nSPS) is 24.9. The zero-order chi connectivity index (χ0) is 18.9. The first kappa shape index (κ1) is 17.6. The molecule has 1 spiro atoms. The van der Waals surface area contributed by atoms with Crippen molar-refractivity contribution in [1.29, 1.82) is 0 Å². The number of likely N-dealkylation sites (tertiary alicyclic amines) is 1. The highest BCUT2D eigenvalue weighted by Crippen LogP contribution is 2.44. The Bertz CT molecular complexity index is 836. The largest absolute Gasteiger partial charge is 0.487 e. The fourth-order valence-electron chi connectivity index (χ4n) is 3.99. The molecule has 0 radical (unpaired) electrons. The molecule has 2 aromatic rings. The van der Waals surface area contributed by atoms with Gasteiger partial charge in [0, 0.05) is 50.8 Å². The minimum atomic E-state index is -0.429. The number of amides is 2. The SMILES string of the molecule is CN1CC[C@]2(CCC1=O)C[C@@H](NC(=O)Cn1ccnc1)c1ccccc1O2. The maximum atomic E-state index is 12.6.